The summed E-state index contributed by atoms with van der Waals surface area (Å²) in [6.07, 6.45) is 2.14. The Morgan fingerprint density at radius 2 is 1.71 bits per heavy atom. The van der Waals surface area contributed by atoms with Crippen molar-refractivity contribution in [3.8, 4) is 0 Å². The highest BCUT2D eigenvalue weighted by Crippen LogP contribution is 2.19. The van der Waals surface area contributed by atoms with Crippen molar-refractivity contribution in [2.24, 2.45) is 4.99 Å². The number of rotatable bonds is 8. The highest BCUT2D eigenvalue weighted by Gasteiger charge is 2.15. The second-order valence-electron chi connectivity index (χ2n) is 6.57. The van der Waals surface area contributed by atoms with Gasteiger partial charge < -0.3 is 15.5 Å². The summed E-state index contributed by atoms with van der Waals surface area (Å²) in [6, 6.07) is 8.69. The van der Waals surface area contributed by atoms with Crippen LogP contribution in [0.5, 0.6) is 0 Å². The van der Waals surface area contributed by atoms with E-state index in [1.165, 1.54) is 11.1 Å². The van der Waals surface area contributed by atoms with Crippen LogP contribution in [0, 0.1) is 0 Å². The van der Waals surface area contributed by atoms with E-state index in [4.69, 9.17) is 0 Å². The van der Waals surface area contributed by atoms with E-state index in [0.29, 0.717) is 6.54 Å². The van der Waals surface area contributed by atoms with Gasteiger partial charge in [-0.2, -0.15) is 11.8 Å². The summed E-state index contributed by atoms with van der Waals surface area (Å²) >= 11 is 1.86. The highest BCUT2D eigenvalue weighted by atomic mass is 127. The van der Waals surface area contributed by atoms with Gasteiger partial charge in [0.25, 0.3) is 0 Å². The van der Waals surface area contributed by atoms with Gasteiger partial charge in [0.2, 0.25) is 0 Å². The van der Waals surface area contributed by atoms with E-state index in [2.05, 4.69) is 85.9 Å². The van der Waals surface area contributed by atoms with Crippen molar-refractivity contribution >= 4 is 41.7 Å². The summed E-state index contributed by atoms with van der Waals surface area (Å²) < 4.78 is 0.198. The van der Waals surface area contributed by atoms with Crippen molar-refractivity contribution in [2.75, 3.05) is 33.4 Å². The molecule has 1 aromatic rings. The van der Waals surface area contributed by atoms with Crippen LogP contribution in [-0.4, -0.2) is 49.0 Å². The first-order valence-electron chi connectivity index (χ1n) is 8.16. The molecule has 0 saturated heterocycles. The number of thioether (sulfide) groups is 1. The van der Waals surface area contributed by atoms with E-state index >= 15 is 0 Å². The summed E-state index contributed by atoms with van der Waals surface area (Å²) in [5.74, 6) is 0.881. The third kappa shape index (κ3) is 9.74. The van der Waals surface area contributed by atoms with Crippen LogP contribution in [0.2, 0.25) is 0 Å². The minimum absolute atomic E-state index is 0. The van der Waals surface area contributed by atoms with Crippen LogP contribution in [-0.2, 0) is 13.1 Å². The number of hydrogen-bond donors (Lipinski definition) is 2. The summed E-state index contributed by atoms with van der Waals surface area (Å²) in [6.45, 7) is 9.98. The van der Waals surface area contributed by atoms with Crippen molar-refractivity contribution in [1.82, 2.24) is 15.5 Å². The lowest BCUT2D eigenvalue weighted by molar-refractivity contribution is 0.402. The Kier molecular flexibility index (Phi) is 11.7. The number of halogens is 1. The fourth-order valence-electron chi connectivity index (χ4n) is 2.00. The standard InChI is InChI=1S/C18H32N4S.HI/c1-7-19-17(21-14-18(2,3)23-6)20-12-15-8-10-16(11-9-15)13-22(4)5;/h8-11H,7,12-14H2,1-6H3,(H2,19,20,21);1H. The van der Waals surface area contributed by atoms with E-state index in [1.54, 1.807) is 0 Å². The van der Waals surface area contributed by atoms with Crippen molar-refractivity contribution < 1.29 is 0 Å². The molecular formula is C18H33IN4S. The van der Waals surface area contributed by atoms with Crippen molar-refractivity contribution in [1.29, 1.82) is 0 Å². The molecule has 2 N–H and O–H groups in total. The van der Waals surface area contributed by atoms with E-state index in [1.807, 2.05) is 11.8 Å². The Morgan fingerprint density at radius 1 is 1.12 bits per heavy atom. The van der Waals surface area contributed by atoms with Crippen LogP contribution in [0.1, 0.15) is 31.9 Å². The molecule has 0 unspecified atom stereocenters. The maximum Gasteiger partial charge on any atom is 0.191 e. The number of nitrogens with zero attached hydrogens (tertiary/aromatic N) is 2. The molecule has 0 heterocycles. The number of nitrogens with one attached hydrogen (secondary N) is 2. The van der Waals surface area contributed by atoms with Crippen molar-refractivity contribution in [3.05, 3.63) is 35.4 Å². The molecule has 0 aromatic heterocycles. The quantitative estimate of drug-likeness (QED) is 0.351. The molecule has 4 nitrogen and oxygen atoms in total. The normalized spacial score (nSPS) is 12.0. The lowest BCUT2D eigenvalue weighted by Gasteiger charge is -2.23. The third-order valence-corrected chi connectivity index (χ3v) is 4.77. The molecule has 1 rings (SSSR count). The molecule has 0 saturated carbocycles. The molecule has 1 aromatic carbocycles. The fourth-order valence-corrected chi connectivity index (χ4v) is 2.21. The SMILES string of the molecule is CCNC(=NCc1ccc(CN(C)C)cc1)NCC(C)(C)SC.I. The lowest BCUT2D eigenvalue weighted by atomic mass is 10.1. The van der Waals surface area contributed by atoms with Crippen LogP contribution in [0.4, 0.5) is 0 Å². The summed E-state index contributed by atoms with van der Waals surface area (Å²) in [5.41, 5.74) is 2.56. The molecule has 0 amide bonds. The van der Waals surface area contributed by atoms with Crippen LogP contribution in [0.25, 0.3) is 0 Å². The van der Waals surface area contributed by atoms with Gasteiger partial charge in [-0.15, -0.1) is 24.0 Å². The second kappa shape index (κ2) is 12.0. The minimum Gasteiger partial charge on any atom is -0.357 e. The van der Waals surface area contributed by atoms with Gasteiger partial charge in [-0.25, -0.2) is 4.99 Å². The number of guanidine groups is 1. The predicted octanol–water partition coefficient (Wildman–Crippen LogP) is 3.56. The monoisotopic (exact) mass is 464 g/mol. The van der Waals surface area contributed by atoms with Crippen molar-refractivity contribution in [2.45, 2.75) is 38.6 Å². The van der Waals surface area contributed by atoms with Gasteiger partial charge >= 0.3 is 0 Å². The molecule has 0 aliphatic heterocycles. The molecule has 138 valence electrons. The topological polar surface area (TPSA) is 39.7 Å². The Labute approximate surface area is 169 Å². The molecule has 6 heteroatoms. The fraction of sp³-hybridized carbons (Fsp3) is 0.611. The first-order valence-corrected chi connectivity index (χ1v) is 9.38. The molecule has 0 spiro atoms. The first kappa shape index (κ1) is 23.5. The van der Waals surface area contributed by atoms with Gasteiger partial charge in [0.1, 0.15) is 0 Å². The molecule has 0 aliphatic carbocycles. The molecule has 0 aliphatic rings. The maximum absolute atomic E-state index is 4.69. The van der Waals surface area contributed by atoms with Gasteiger partial charge in [0.15, 0.2) is 5.96 Å². The molecule has 0 fully saturated rings. The maximum atomic E-state index is 4.69. The zero-order valence-corrected chi connectivity index (χ0v) is 19.0. The van der Waals surface area contributed by atoms with E-state index in [0.717, 1.165) is 25.6 Å². The number of aliphatic imine (C=N–C) groups is 1. The van der Waals surface area contributed by atoms with Gasteiger partial charge in [0, 0.05) is 24.4 Å². The molecule has 0 atom stereocenters. The predicted molar refractivity (Wildman–Crippen MR) is 120 cm³/mol. The smallest absolute Gasteiger partial charge is 0.191 e. The van der Waals surface area contributed by atoms with E-state index in [9.17, 15) is 0 Å². The molecular weight excluding hydrogens is 431 g/mol. The zero-order chi connectivity index (χ0) is 17.3. The summed E-state index contributed by atoms with van der Waals surface area (Å²) in [7, 11) is 4.17. The van der Waals surface area contributed by atoms with Crippen LogP contribution >= 0.6 is 35.7 Å². The summed E-state index contributed by atoms with van der Waals surface area (Å²) in [4.78, 5) is 6.86. The van der Waals surface area contributed by atoms with E-state index < -0.39 is 0 Å². The number of hydrogen-bond acceptors (Lipinski definition) is 3. The second-order valence-corrected chi connectivity index (χ2v) is 8.08. The van der Waals surface area contributed by atoms with Crippen LogP contribution in [0.15, 0.2) is 29.3 Å². The first-order chi connectivity index (χ1) is 10.9. The van der Waals surface area contributed by atoms with Gasteiger partial charge in [0.05, 0.1) is 6.54 Å². The van der Waals surface area contributed by atoms with Gasteiger partial charge in [-0.3, -0.25) is 0 Å². The third-order valence-electron chi connectivity index (χ3n) is 3.52. The summed E-state index contributed by atoms with van der Waals surface area (Å²) in [5, 5.41) is 6.74. The Balaban J connectivity index is 0.00000529. The Bertz CT molecular complexity index is 486. The average molecular weight is 464 g/mol. The van der Waals surface area contributed by atoms with E-state index in [-0.39, 0.29) is 28.7 Å². The van der Waals surface area contributed by atoms with Gasteiger partial charge in [-0.05, 0) is 52.2 Å². The largest absolute Gasteiger partial charge is 0.357 e. The minimum atomic E-state index is 0. The highest BCUT2D eigenvalue weighted by molar-refractivity contribution is 14.0. The zero-order valence-electron chi connectivity index (χ0n) is 15.8. The molecule has 0 bridgehead atoms. The van der Waals surface area contributed by atoms with Crippen LogP contribution in [0.3, 0.4) is 0 Å². The number of benzene rings is 1. The molecule has 0 radical (unpaired) electrons. The lowest BCUT2D eigenvalue weighted by Crippen LogP contribution is -2.43. The van der Waals surface area contributed by atoms with Crippen molar-refractivity contribution in [3.63, 3.8) is 0 Å². The Hall–Kier alpha value is -0.470. The van der Waals surface area contributed by atoms with Gasteiger partial charge in [-0.1, -0.05) is 24.3 Å². The molecule has 24 heavy (non-hydrogen) atoms. The Morgan fingerprint density at radius 3 is 2.21 bits per heavy atom. The van der Waals surface area contributed by atoms with Crippen LogP contribution < -0.4 is 10.6 Å². The average Bonchev–Trinajstić information content (AvgIpc) is 2.51.